The maximum absolute atomic E-state index is 14.5. The van der Waals surface area contributed by atoms with Gasteiger partial charge in [-0.2, -0.15) is 18.3 Å². The van der Waals surface area contributed by atoms with Gasteiger partial charge < -0.3 is 0 Å². The molecule has 5 aromatic rings. The van der Waals surface area contributed by atoms with Crippen molar-refractivity contribution in [3.8, 4) is 11.3 Å². The lowest BCUT2D eigenvalue weighted by molar-refractivity contribution is -0.136. The molecule has 0 fully saturated rings. The van der Waals surface area contributed by atoms with Crippen LogP contribution in [0.2, 0.25) is 10.0 Å². The van der Waals surface area contributed by atoms with E-state index in [-0.39, 0.29) is 16.6 Å². The fourth-order valence-corrected chi connectivity index (χ4v) is 4.97. The molecule has 10 heteroatoms. The third kappa shape index (κ3) is 5.63. The van der Waals surface area contributed by atoms with Crippen molar-refractivity contribution in [2.45, 2.75) is 25.6 Å². The molecule has 0 amide bonds. The van der Waals surface area contributed by atoms with Crippen molar-refractivity contribution in [1.29, 1.82) is 0 Å². The lowest BCUT2D eigenvalue weighted by Gasteiger charge is -2.12. The lowest BCUT2D eigenvalue weighted by Crippen LogP contribution is -2.09. The van der Waals surface area contributed by atoms with E-state index in [0.29, 0.717) is 40.6 Å². The number of rotatable bonds is 6. The number of nitrogens with zero attached hydrogens (tertiary/aromatic N) is 2. The first-order valence-corrected chi connectivity index (χ1v) is 12.5. The number of halogens is 8. The van der Waals surface area contributed by atoms with Crippen LogP contribution in [0.15, 0.2) is 72.8 Å². The summed E-state index contributed by atoms with van der Waals surface area (Å²) >= 11 is 12.4. The smallest absolute Gasteiger partial charge is 0.259 e. The first-order valence-electron chi connectivity index (χ1n) is 11.7. The van der Waals surface area contributed by atoms with Crippen LogP contribution >= 0.6 is 23.2 Å². The van der Waals surface area contributed by atoms with E-state index in [0.717, 1.165) is 21.9 Å². The Bertz CT molecular complexity index is 1670. The second kappa shape index (κ2) is 10.6. The van der Waals surface area contributed by atoms with Crippen molar-refractivity contribution < 1.29 is 26.3 Å². The van der Waals surface area contributed by atoms with Gasteiger partial charge in [-0.3, -0.25) is 4.68 Å². The van der Waals surface area contributed by atoms with Crippen molar-refractivity contribution in [2.24, 2.45) is 0 Å². The Kier molecular flexibility index (Phi) is 7.35. The van der Waals surface area contributed by atoms with Gasteiger partial charge in [0, 0.05) is 38.7 Å². The van der Waals surface area contributed by atoms with E-state index < -0.39 is 41.3 Å². The number of aromatic nitrogens is 2. The largest absolute Gasteiger partial charge is 0.418 e. The van der Waals surface area contributed by atoms with Gasteiger partial charge in [0.15, 0.2) is 0 Å². The topological polar surface area (TPSA) is 17.8 Å². The van der Waals surface area contributed by atoms with E-state index in [4.69, 9.17) is 23.2 Å². The van der Waals surface area contributed by atoms with Crippen LogP contribution in [0, 0.1) is 17.5 Å². The van der Waals surface area contributed by atoms with Crippen molar-refractivity contribution in [2.75, 3.05) is 0 Å². The highest BCUT2D eigenvalue weighted by Gasteiger charge is 2.34. The minimum atomic E-state index is -4.71. The zero-order chi connectivity index (χ0) is 27.9. The van der Waals surface area contributed by atoms with Crippen molar-refractivity contribution in [3.05, 3.63) is 123 Å². The molecular weight excluding hydrogens is 561 g/mol. The molecule has 0 aliphatic heterocycles. The number of hydrogen-bond acceptors (Lipinski definition) is 1. The molecule has 0 bridgehead atoms. The molecule has 0 aliphatic carbocycles. The van der Waals surface area contributed by atoms with Crippen molar-refractivity contribution >= 4 is 34.1 Å². The summed E-state index contributed by atoms with van der Waals surface area (Å²) in [5, 5.41) is 5.39. The Balaban J connectivity index is 1.62. The van der Waals surface area contributed by atoms with Gasteiger partial charge in [0.2, 0.25) is 0 Å². The Morgan fingerprint density at radius 3 is 2.23 bits per heavy atom. The standard InChI is InChI=1S/C29H18Cl2F6N2/c30-19-9-10-24(31)17(12-19)8-7-16-3-1-4-18(11-16)28-21-5-2-6-23(29(35,36)37)27(21)38-39(28)15-22-25(33)13-20(32)14-26(22)34/h1-6,9-14H,7-8,15H2. The van der Waals surface area contributed by atoms with Crippen LogP contribution in [0.4, 0.5) is 26.3 Å². The second-order valence-electron chi connectivity index (χ2n) is 8.99. The van der Waals surface area contributed by atoms with Gasteiger partial charge in [0.25, 0.3) is 0 Å². The van der Waals surface area contributed by atoms with Crippen molar-refractivity contribution in [1.82, 2.24) is 9.78 Å². The summed E-state index contributed by atoms with van der Waals surface area (Å²) in [6.45, 7) is -0.554. The summed E-state index contributed by atoms with van der Waals surface area (Å²) in [5.74, 6) is -3.44. The molecule has 0 radical (unpaired) electrons. The van der Waals surface area contributed by atoms with E-state index in [1.165, 1.54) is 12.1 Å². The molecule has 0 spiro atoms. The minimum Gasteiger partial charge on any atom is -0.259 e. The SMILES string of the molecule is Fc1cc(F)c(Cn2nc3c(C(F)(F)F)cccc3c2-c2cccc(CCc3cc(Cl)ccc3Cl)c2)c(F)c1. The lowest BCUT2D eigenvalue weighted by atomic mass is 9.99. The molecule has 1 aromatic heterocycles. The molecule has 0 N–H and O–H groups in total. The Labute approximate surface area is 229 Å². The van der Waals surface area contributed by atoms with Crippen LogP contribution in [0.1, 0.15) is 22.3 Å². The highest BCUT2D eigenvalue weighted by Crippen LogP contribution is 2.38. The van der Waals surface area contributed by atoms with Crippen LogP contribution in [0.25, 0.3) is 22.2 Å². The van der Waals surface area contributed by atoms with Gasteiger partial charge in [-0.15, -0.1) is 0 Å². The van der Waals surface area contributed by atoms with Gasteiger partial charge in [0.1, 0.15) is 23.0 Å². The second-order valence-corrected chi connectivity index (χ2v) is 9.83. The summed E-state index contributed by atoms with van der Waals surface area (Å²) in [4.78, 5) is 0. The Morgan fingerprint density at radius 2 is 1.51 bits per heavy atom. The number of hydrogen-bond donors (Lipinski definition) is 0. The summed E-state index contributed by atoms with van der Waals surface area (Å²) in [6, 6.07) is 16.9. The third-order valence-electron chi connectivity index (χ3n) is 6.38. The van der Waals surface area contributed by atoms with E-state index >= 15 is 0 Å². The van der Waals surface area contributed by atoms with Gasteiger partial charge in [-0.05, 0) is 54.3 Å². The summed E-state index contributed by atoms with van der Waals surface area (Å²) in [7, 11) is 0. The number of aryl methyl sites for hydroxylation is 2. The number of fused-ring (bicyclic) bond motifs is 1. The molecule has 0 aliphatic rings. The quantitative estimate of drug-likeness (QED) is 0.183. The molecule has 4 aromatic carbocycles. The van der Waals surface area contributed by atoms with E-state index in [1.54, 1.807) is 36.4 Å². The number of alkyl halides is 3. The normalized spacial score (nSPS) is 11.9. The fourth-order valence-electron chi connectivity index (χ4n) is 4.56. The molecule has 0 unspecified atom stereocenters. The summed E-state index contributed by atoms with van der Waals surface area (Å²) < 4.78 is 85.1. The fraction of sp³-hybridized carbons (Fsp3) is 0.138. The Morgan fingerprint density at radius 1 is 0.795 bits per heavy atom. The Hall–Kier alpha value is -3.49. The summed E-state index contributed by atoms with van der Waals surface area (Å²) in [6.07, 6.45) is -3.62. The predicted octanol–water partition coefficient (Wildman–Crippen LogP) is 9.28. The van der Waals surface area contributed by atoms with Crippen LogP contribution in [0.5, 0.6) is 0 Å². The monoisotopic (exact) mass is 578 g/mol. The zero-order valence-electron chi connectivity index (χ0n) is 20.0. The first-order chi connectivity index (χ1) is 18.5. The third-order valence-corrected chi connectivity index (χ3v) is 6.98. The summed E-state index contributed by atoms with van der Waals surface area (Å²) in [5.41, 5.74) is 0.547. The molecular formula is C29H18Cl2F6N2. The molecule has 0 saturated heterocycles. The molecule has 1 heterocycles. The van der Waals surface area contributed by atoms with Gasteiger partial charge in [-0.25, -0.2) is 13.2 Å². The van der Waals surface area contributed by atoms with Crippen LogP contribution < -0.4 is 0 Å². The molecule has 2 nitrogen and oxygen atoms in total. The maximum Gasteiger partial charge on any atom is 0.418 e. The van der Waals surface area contributed by atoms with E-state index in [1.807, 2.05) is 6.07 Å². The van der Waals surface area contributed by atoms with Crippen LogP contribution in [-0.4, -0.2) is 9.78 Å². The molecule has 5 rings (SSSR count). The van der Waals surface area contributed by atoms with Crippen molar-refractivity contribution in [3.63, 3.8) is 0 Å². The van der Waals surface area contributed by atoms with Gasteiger partial charge >= 0.3 is 6.18 Å². The average molecular weight is 579 g/mol. The first kappa shape index (κ1) is 27.1. The molecule has 0 atom stereocenters. The highest BCUT2D eigenvalue weighted by molar-refractivity contribution is 6.33. The van der Waals surface area contributed by atoms with Gasteiger partial charge in [-0.1, -0.05) is 53.5 Å². The van der Waals surface area contributed by atoms with Crippen LogP contribution in [-0.2, 0) is 25.6 Å². The molecule has 39 heavy (non-hydrogen) atoms. The maximum atomic E-state index is 14.5. The average Bonchev–Trinajstić information content (AvgIpc) is 3.24. The molecule has 0 saturated carbocycles. The number of benzene rings is 4. The van der Waals surface area contributed by atoms with Crippen LogP contribution in [0.3, 0.4) is 0 Å². The predicted molar refractivity (Wildman–Crippen MR) is 139 cm³/mol. The molecule has 200 valence electrons. The van der Waals surface area contributed by atoms with E-state index in [2.05, 4.69) is 5.10 Å². The van der Waals surface area contributed by atoms with E-state index in [9.17, 15) is 26.3 Å². The highest BCUT2D eigenvalue weighted by atomic mass is 35.5. The minimum absolute atomic E-state index is 0.155. The zero-order valence-corrected chi connectivity index (χ0v) is 21.5. The van der Waals surface area contributed by atoms with Gasteiger partial charge in [0.05, 0.1) is 17.8 Å².